The molecule has 0 radical (unpaired) electrons. The van der Waals surface area contributed by atoms with Crippen molar-refractivity contribution in [3.63, 3.8) is 0 Å². The van der Waals surface area contributed by atoms with Crippen molar-refractivity contribution in [3.8, 4) is 11.5 Å². The van der Waals surface area contributed by atoms with Crippen LogP contribution in [-0.2, 0) is 9.36 Å². The van der Waals surface area contributed by atoms with Crippen molar-refractivity contribution in [3.05, 3.63) is 66.7 Å². The van der Waals surface area contributed by atoms with E-state index in [4.69, 9.17) is 9.94 Å². The van der Waals surface area contributed by atoms with Crippen molar-refractivity contribution in [2.75, 3.05) is 6.16 Å². The summed E-state index contributed by atoms with van der Waals surface area (Å²) in [6.45, 7) is 0. The number of carbonyl (C=O) groups is 1. The number of hydroxylamine groups is 1. The molecule has 4 rings (SSSR count). The van der Waals surface area contributed by atoms with Crippen LogP contribution in [0, 0.1) is 0 Å². The van der Waals surface area contributed by atoms with Gasteiger partial charge < -0.3 is 9.30 Å². The van der Waals surface area contributed by atoms with Crippen LogP contribution in [0.15, 0.2) is 66.7 Å². The Morgan fingerprint density at radius 3 is 2.48 bits per heavy atom. The second-order valence-electron chi connectivity index (χ2n) is 6.74. The molecular weight excluding hydrogens is 363 g/mol. The van der Waals surface area contributed by atoms with E-state index in [1.165, 1.54) is 0 Å². The Kier molecular flexibility index (Phi) is 4.87. The maximum absolute atomic E-state index is 13.9. The van der Waals surface area contributed by atoms with E-state index in [0.717, 1.165) is 12.2 Å². The molecule has 2 aromatic carbocycles. The number of fused-ring (bicyclic) bond motifs is 1. The second kappa shape index (κ2) is 7.31. The summed E-state index contributed by atoms with van der Waals surface area (Å²) in [7, 11) is -2.98. The zero-order chi connectivity index (χ0) is 18.9. The van der Waals surface area contributed by atoms with Crippen LogP contribution < -0.4 is 15.5 Å². The fourth-order valence-electron chi connectivity index (χ4n) is 3.86. The molecule has 0 aromatic heterocycles. The smallest absolute Gasteiger partial charge is 0.261 e. The molecule has 1 amide bonds. The highest BCUT2D eigenvalue weighted by atomic mass is 31.2. The number of hydrogen-bond acceptors (Lipinski definition) is 4. The van der Waals surface area contributed by atoms with Crippen LogP contribution in [0.5, 0.6) is 11.5 Å². The van der Waals surface area contributed by atoms with Crippen molar-refractivity contribution in [1.82, 2.24) is 10.2 Å². The average molecular weight is 384 g/mol. The van der Waals surface area contributed by atoms with Gasteiger partial charge in [-0.05, 0) is 49.2 Å². The first-order chi connectivity index (χ1) is 13.1. The average Bonchev–Trinajstić information content (AvgIpc) is 3.14. The normalized spacial score (nSPS) is 27.1. The van der Waals surface area contributed by atoms with Gasteiger partial charge in [-0.15, -0.1) is 0 Å². The van der Waals surface area contributed by atoms with Gasteiger partial charge in [-0.1, -0.05) is 30.4 Å². The van der Waals surface area contributed by atoms with Gasteiger partial charge in [-0.25, -0.2) is 10.2 Å². The molecule has 1 fully saturated rings. The van der Waals surface area contributed by atoms with E-state index in [1.54, 1.807) is 22.3 Å². The van der Waals surface area contributed by atoms with Gasteiger partial charge in [-0.2, -0.15) is 0 Å². The molecule has 0 bridgehead atoms. The third-order valence-electron chi connectivity index (χ3n) is 5.11. The van der Waals surface area contributed by atoms with Crippen LogP contribution in [0.2, 0.25) is 0 Å². The lowest BCUT2D eigenvalue weighted by Crippen LogP contribution is -2.46. The van der Waals surface area contributed by atoms with Crippen LogP contribution in [0.4, 0.5) is 0 Å². The van der Waals surface area contributed by atoms with Crippen molar-refractivity contribution in [2.24, 2.45) is 0 Å². The summed E-state index contributed by atoms with van der Waals surface area (Å²) in [5, 5.41) is 9.74. The van der Waals surface area contributed by atoms with E-state index in [0.29, 0.717) is 23.6 Å². The number of amides is 1. The summed E-state index contributed by atoms with van der Waals surface area (Å²) in [6.07, 6.45) is 5.63. The predicted octanol–water partition coefficient (Wildman–Crippen LogP) is 3.29. The van der Waals surface area contributed by atoms with E-state index < -0.39 is 19.2 Å². The van der Waals surface area contributed by atoms with E-state index in [1.807, 2.05) is 54.6 Å². The number of nitrogens with zero attached hydrogens (tertiary/aromatic N) is 1. The van der Waals surface area contributed by atoms with Gasteiger partial charge in [0, 0.05) is 17.5 Å². The van der Waals surface area contributed by atoms with E-state index in [-0.39, 0.29) is 6.04 Å². The molecule has 2 aliphatic heterocycles. The lowest BCUT2D eigenvalue weighted by Gasteiger charge is -2.37. The number of para-hydroxylation sites is 1. The molecule has 2 aliphatic rings. The van der Waals surface area contributed by atoms with E-state index in [9.17, 15) is 9.36 Å². The summed E-state index contributed by atoms with van der Waals surface area (Å²) in [5.41, 5.74) is 1.72. The number of rotatable bonds is 4. The zero-order valence-corrected chi connectivity index (χ0v) is 15.6. The SMILES string of the molecule is O=C(NO)C1CCC2C=CCP(=O)(c3ccc(Oc4ccccc4)cc3)N21. The van der Waals surface area contributed by atoms with Crippen LogP contribution in [0.1, 0.15) is 12.8 Å². The molecule has 3 atom stereocenters. The minimum atomic E-state index is -2.98. The van der Waals surface area contributed by atoms with Gasteiger partial charge in [-0.3, -0.25) is 10.0 Å². The summed E-state index contributed by atoms with van der Waals surface area (Å²) in [4.78, 5) is 12.1. The molecule has 27 heavy (non-hydrogen) atoms. The maximum Gasteiger partial charge on any atom is 0.261 e. The highest BCUT2D eigenvalue weighted by Gasteiger charge is 2.48. The Morgan fingerprint density at radius 2 is 1.78 bits per heavy atom. The highest BCUT2D eigenvalue weighted by Crippen LogP contribution is 2.57. The van der Waals surface area contributed by atoms with Crippen molar-refractivity contribution >= 4 is 18.5 Å². The van der Waals surface area contributed by atoms with Crippen LogP contribution in [0.25, 0.3) is 0 Å². The summed E-state index contributed by atoms with van der Waals surface area (Å²) in [5.74, 6) is 0.889. The van der Waals surface area contributed by atoms with Gasteiger partial charge in [0.1, 0.15) is 11.5 Å². The topological polar surface area (TPSA) is 78.9 Å². The Labute approximate surface area is 157 Å². The van der Waals surface area contributed by atoms with Crippen LogP contribution in [-0.4, -0.2) is 34.0 Å². The lowest BCUT2D eigenvalue weighted by atomic mass is 10.2. The van der Waals surface area contributed by atoms with Gasteiger partial charge >= 0.3 is 0 Å². The molecule has 1 saturated heterocycles. The first kappa shape index (κ1) is 18.0. The lowest BCUT2D eigenvalue weighted by molar-refractivity contribution is -0.132. The first-order valence-electron chi connectivity index (χ1n) is 8.94. The van der Waals surface area contributed by atoms with Gasteiger partial charge in [0.05, 0.1) is 6.04 Å². The minimum absolute atomic E-state index is 0.0490. The maximum atomic E-state index is 13.9. The monoisotopic (exact) mass is 384 g/mol. The summed E-state index contributed by atoms with van der Waals surface area (Å²) < 4.78 is 21.5. The Morgan fingerprint density at radius 1 is 1.07 bits per heavy atom. The number of nitrogens with one attached hydrogen (secondary N) is 1. The molecule has 0 aliphatic carbocycles. The van der Waals surface area contributed by atoms with Crippen molar-refractivity contribution in [1.29, 1.82) is 0 Å². The third-order valence-corrected chi connectivity index (χ3v) is 8.24. The number of hydrogen-bond donors (Lipinski definition) is 2. The predicted molar refractivity (Wildman–Crippen MR) is 103 cm³/mol. The molecule has 6 nitrogen and oxygen atoms in total. The number of ether oxygens (including phenoxy) is 1. The number of carbonyl (C=O) groups excluding carboxylic acids is 1. The molecule has 3 unspecified atom stereocenters. The highest BCUT2D eigenvalue weighted by molar-refractivity contribution is 7.69. The third kappa shape index (κ3) is 3.32. The second-order valence-corrected chi connectivity index (χ2v) is 9.48. The first-order valence-corrected chi connectivity index (χ1v) is 10.8. The fraction of sp³-hybridized carbons (Fsp3) is 0.250. The summed E-state index contributed by atoms with van der Waals surface area (Å²) >= 11 is 0. The molecule has 7 heteroatoms. The summed E-state index contributed by atoms with van der Waals surface area (Å²) in [6, 6.07) is 16.0. The van der Waals surface area contributed by atoms with E-state index in [2.05, 4.69) is 0 Å². The van der Waals surface area contributed by atoms with Gasteiger partial charge in [0.2, 0.25) is 0 Å². The molecule has 2 aromatic rings. The van der Waals surface area contributed by atoms with Crippen LogP contribution in [0.3, 0.4) is 0 Å². The number of allylic oxidation sites excluding steroid dienone is 1. The molecule has 2 N–H and O–H groups in total. The molecule has 0 saturated carbocycles. The minimum Gasteiger partial charge on any atom is -0.457 e. The Balaban J connectivity index is 1.62. The Hall–Kier alpha value is -2.40. The molecule has 140 valence electrons. The Bertz CT molecular complexity index is 898. The largest absolute Gasteiger partial charge is 0.457 e. The van der Waals surface area contributed by atoms with Crippen LogP contribution >= 0.6 is 7.29 Å². The van der Waals surface area contributed by atoms with Crippen molar-refractivity contribution < 1.29 is 19.3 Å². The fourth-order valence-corrected chi connectivity index (χ4v) is 6.90. The zero-order valence-electron chi connectivity index (χ0n) is 14.7. The number of benzene rings is 2. The molecule has 0 spiro atoms. The molecule has 2 heterocycles. The van der Waals surface area contributed by atoms with Crippen molar-refractivity contribution in [2.45, 2.75) is 24.9 Å². The quantitative estimate of drug-likeness (QED) is 0.366. The van der Waals surface area contributed by atoms with Gasteiger partial charge in [0.25, 0.3) is 5.91 Å². The molecular formula is C20H21N2O4P. The van der Waals surface area contributed by atoms with Gasteiger partial charge in [0.15, 0.2) is 7.29 Å². The van der Waals surface area contributed by atoms with E-state index >= 15 is 0 Å². The standard InChI is InChI=1S/C20H21N2O4P/c23-20(21-24)19-13-8-15-5-4-14-27(25,22(15)19)18-11-9-17(10-12-18)26-16-6-2-1-3-7-16/h1-7,9-12,15,19,24H,8,13-14H2,(H,21,23).